The maximum Gasteiger partial charge on any atom is 0.239 e. The molecule has 1 N–H and O–H groups in total. The Morgan fingerprint density at radius 3 is 2.74 bits per heavy atom. The number of hydrogen-bond donors (Lipinski definition) is 1. The van der Waals surface area contributed by atoms with Crippen LogP contribution in [0.3, 0.4) is 0 Å². The van der Waals surface area contributed by atoms with Crippen molar-refractivity contribution < 1.29 is 4.79 Å². The summed E-state index contributed by atoms with van der Waals surface area (Å²) < 4.78 is 0. The molecule has 1 amide bonds. The lowest BCUT2D eigenvalue weighted by Crippen LogP contribution is -2.49. The van der Waals surface area contributed by atoms with Gasteiger partial charge in [-0.3, -0.25) is 4.79 Å². The predicted octanol–water partition coefficient (Wildman–Crippen LogP) is 2.68. The molecule has 0 radical (unpaired) electrons. The van der Waals surface area contributed by atoms with Crippen LogP contribution in [0.1, 0.15) is 45.4 Å². The normalized spacial score (nSPS) is 30.7. The molecule has 1 saturated carbocycles. The van der Waals surface area contributed by atoms with Crippen LogP contribution in [0.15, 0.2) is 0 Å². The molecule has 0 aromatic heterocycles. The van der Waals surface area contributed by atoms with Crippen LogP contribution in [0.5, 0.6) is 0 Å². The van der Waals surface area contributed by atoms with Gasteiger partial charge in [0.05, 0.1) is 6.04 Å². The average Bonchev–Trinajstić information content (AvgIpc) is 2.87. The minimum absolute atomic E-state index is 0. The Hall–Kier alpha value is 0.0700. The molecule has 1 aliphatic heterocycles. The fourth-order valence-electron chi connectivity index (χ4n) is 3.14. The smallest absolute Gasteiger partial charge is 0.239 e. The van der Waals surface area contributed by atoms with Gasteiger partial charge in [0.15, 0.2) is 0 Å². The second-order valence-corrected chi connectivity index (χ2v) is 7.07. The quantitative estimate of drug-likeness (QED) is 0.867. The molecule has 19 heavy (non-hydrogen) atoms. The highest BCUT2D eigenvalue weighted by atomic mass is 35.5. The molecule has 3 unspecified atom stereocenters. The molecular formula is C14H27ClN2OS. The van der Waals surface area contributed by atoms with Crippen LogP contribution >= 0.6 is 24.2 Å². The van der Waals surface area contributed by atoms with Gasteiger partial charge in [-0.1, -0.05) is 13.3 Å². The van der Waals surface area contributed by atoms with Crippen molar-refractivity contribution in [2.45, 2.75) is 62.8 Å². The molecule has 0 aromatic rings. The zero-order valence-electron chi connectivity index (χ0n) is 12.1. The third kappa shape index (κ3) is 4.54. The SMILES string of the molecule is CCSC1CCC(N(C)C(=O)C2CCCCN2)C1.Cl. The third-order valence-electron chi connectivity index (χ3n) is 4.26. The van der Waals surface area contributed by atoms with E-state index in [1.54, 1.807) is 0 Å². The summed E-state index contributed by atoms with van der Waals surface area (Å²) >= 11 is 2.05. The van der Waals surface area contributed by atoms with Gasteiger partial charge in [-0.25, -0.2) is 0 Å². The first-order chi connectivity index (χ1) is 8.72. The van der Waals surface area contributed by atoms with Crippen molar-refractivity contribution in [2.75, 3.05) is 19.3 Å². The molecular weight excluding hydrogens is 280 g/mol. The molecule has 1 heterocycles. The Labute approximate surface area is 127 Å². The zero-order chi connectivity index (χ0) is 13.0. The second-order valence-electron chi connectivity index (χ2n) is 5.50. The summed E-state index contributed by atoms with van der Waals surface area (Å²) in [5.41, 5.74) is 0. The highest BCUT2D eigenvalue weighted by molar-refractivity contribution is 7.99. The van der Waals surface area contributed by atoms with E-state index in [0.29, 0.717) is 11.9 Å². The number of carbonyl (C=O) groups excluding carboxylic acids is 1. The number of amides is 1. The van der Waals surface area contributed by atoms with E-state index in [1.807, 2.05) is 11.9 Å². The van der Waals surface area contributed by atoms with Crippen molar-refractivity contribution in [3.63, 3.8) is 0 Å². The first-order valence-corrected chi connectivity index (χ1v) is 8.39. The second kappa shape index (κ2) is 8.38. The molecule has 3 nitrogen and oxygen atoms in total. The number of piperidine rings is 1. The van der Waals surface area contributed by atoms with Crippen LogP contribution in [-0.2, 0) is 4.79 Å². The molecule has 1 saturated heterocycles. The summed E-state index contributed by atoms with van der Waals surface area (Å²) in [7, 11) is 2.00. The van der Waals surface area contributed by atoms with Crippen LogP contribution in [-0.4, -0.2) is 47.5 Å². The largest absolute Gasteiger partial charge is 0.341 e. The monoisotopic (exact) mass is 306 g/mol. The van der Waals surface area contributed by atoms with Crippen molar-refractivity contribution >= 4 is 30.1 Å². The molecule has 5 heteroatoms. The number of nitrogens with zero attached hydrogens (tertiary/aromatic N) is 1. The first kappa shape index (κ1) is 17.1. The van der Waals surface area contributed by atoms with Gasteiger partial charge in [-0.15, -0.1) is 12.4 Å². The number of thioether (sulfide) groups is 1. The fourth-order valence-corrected chi connectivity index (χ4v) is 4.28. The van der Waals surface area contributed by atoms with E-state index in [4.69, 9.17) is 0 Å². The van der Waals surface area contributed by atoms with Crippen molar-refractivity contribution in [2.24, 2.45) is 0 Å². The standard InChI is InChI=1S/C14H26N2OS.ClH/c1-3-18-12-8-7-11(10-12)16(2)14(17)13-6-4-5-9-15-13;/h11-13,15H,3-10H2,1-2H3;1H. The lowest BCUT2D eigenvalue weighted by molar-refractivity contribution is -0.134. The van der Waals surface area contributed by atoms with E-state index >= 15 is 0 Å². The summed E-state index contributed by atoms with van der Waals surface area (Å²) in [6.45, 7) is 3.22. The zero-order valence-corrected chi connectivity index (χ0v) is 13.7. The maximum atomic E-state index is 12.4. The van der Waals surface area contributed by atoms with Crippen LogP contribution in [0.2, 0.25) is 0 Å². The third-order valence-corrected chi connectivity index (χ3v) is 5.50. The van der Waals surface area contributed by atoms with Crippen LogP contribution in [0.25, 0.3) is 0 Å². The van der Waals surface area contributed by atoms with E-state index in [0.717, 1.165) is 18.2 Å². The summed E-state index contributed by atoms with van der Waals surface area (Å²) in [6.07, 6.45) is 7.07. The average molecular weight is 307 g/mol. The molecule has 0 spiro atoms. The van der Waals surface area contributed by atoms with Crippen LogP contribution in [0, 0.1) is 0 Å². The Bertz CT molecular complexity index is 285. The van der Waals surface area contributed by atoms with Gasteiger partial charge in [0.2, 0.25) is 5.91 Å². The molecule has 3 atom stereocenters. The molecule has 112 valence electrons. The van der Waals surface area contributed by atoms with Crippen molar-refractivity contribution in [3.8, 4) is 0 Å². The van der Waals surface area contributed by atoms with Crippen molar-refractivity contribution in [3.05, 3.63) is 0 Å². The lowest BCUT2D eigenvalue weighted by atomic mass is 10.0. The summed E-state index contributed by atoms with van der Waals surface area (Å²) in [5.74, 6) is 1.51. The van der Waals surface area contributed by atoms with E-state index in [1.165, 1.54) is 37.9 Å². The van der Waals surface area contributed by atoms with Gasteiger partial charge in [0.25, 0.3) is 0 Å². The van der Waals surface area contributed by atoms with Gasteiger partial charge in [0, 0.05) is 18.3 Å². The summed E-state index contributed by atoms with van der Waals surface area (Å²) in [5, 5.41) is 4.14. The highest BCUT2D eigenvalue weighted by Gasteiger charge is 2.32. The minimum atomic E-state index is 0. The van der Waals surface area contributed by atoms with E-state index < -0.39 is 0 Å². The molecule has 2 fully saturated rings. The highest BCUT2D eigenvalue weighted by Crippen LogP contribution is 2.32. The van der Waals surface area contributed by atoms with E-state index in [-0.39, 0.29) is 18.4 Å². The fraction of sp³-hybridized carbons (Fsp3) is 0.929. The Kier molecular flexibility index (Phi) is 7.55. The number of rotatable bonds is 4. The summed E-state index contributed by atoms with van der Waals surface area (Å²) in [4.78, 5) is 14.4. The molecule has 0 bridgehead atoms. The number of carbonyl (C=O) groups is 1. The van der Waals surface area contributed by atoms with E-state index in [2.05, 4.69) is 24.0 Å². The Balaban J connectivity index is 0.00000180. The van der Waals surface area contributed by atoms with E-state index in [9.17, 15) is 4.79 Å². The molecule has 1 aliphatic carbocycles. The lowest BCUT2D eigenvalue weighted by Gasteiger charge is -2.31. The van der Waals surface area contributed by atoms with Crippen LogP contribution < -0.4 is 5.32 Å². The van der Waals surface area contributed by atoms with Gasteiger partial charge in [-0.2, -0.15) is 11.8 Å². The Morgan fingerprint density at radius 2 is 2.11 bits per heavy atom. The van der Waals surface area contributed by atoms with Crippen LogP contribution in [0.4, 0.5) is 0 Å². The minimum Gasteiger partial charge on any atom is -0.341 e. The molecule has 2 aliphatic rings. The van der Waals surface area contributed by atoms with Gasteiger partial charge < -0.3 is 10.2 Å². The Morgan fingerprint density at radius 1 is 1.32 bits per heavy atom. The number of nitrogens with one attached hydrogen (secondary N) is 1. The molecule has 0 aromatic carbocycles. The van der Waals surface area contributed by atoms with Gasteiger partial charge in [-0.05, 0) is 44.4 Å². The number of halogens is 1. The van der Waals surface area contributed by atoms with Crippen molar-refractivity contribution in [1.29, 1.82) is 0 Å². The number of likely N-dealkylation sites (N-methyl/N-ethyl adjacent to an activating group) is 1. The topological polar surface area (TPSA) is 32.3 Å². The number of hydrogen-bond acceptors (Lipinski definition) is 3. The summed E-state index contributed by atoms with van der Waals surface area (Å²) in [6, 6.07) is 0.562. The maximum absolute atomic E-state index is 12.4. The van der Waals surface area contributed by atoms with Gasteiger partial charge >= 0.3 is 0 Å². The molecule has 2 rings (SSSR count). The van der Waals surface area contributed by atoms with Gasteiger partial charge in [0.1, 0.15) is 0 Å². The first-order valence-electron chi connectivity index (χ1n) is 7.34. The van der Waals surface area contributed by atoms with Crippen molar-refractivity contribution in [1.82, 2.24) is 10.2 Å². The predicted molar refractivity (Wildman–Crippen MR) is 85.2 cm³/mol.